The molecule has 0 bridgehead atoms. The third-order valence-corrected chi connectivity index (χ3v) is 3.54. The summed E-state index contributed by atoms with van der Waals surface area (Å²) < 4.78 is 25.9. The summed E-state index contributed by atoms with van der Waals surface area (Å²) in [7, 11) is 0. The predicted octanol–water partition coefficient (Wildman–Crippen LogP) is 3.61. The van der Waals surface area contributed by atoms with E-state index in [0.29, 0.717) is 4.47 Å². The van der Waals surface area contributed by atoms with Gasteiger partial charge in [-0.05, 0) is 31.9 Å². The van der Waals surface area contributed by atoms with Gasteiger partial charge in [-0.1, -0.05) is 0 Å². The van der Waals surface area contributed by atoms with Crippen LogP contribution in [-0.2, 0) is 6.42 Å². The Hall–Kier alpha value is -0.540. The van der Waals surface area contributed by atoms with Crippen LogP contribution in [0.1, 0.15) is 17.7 Å². The van der Waals surface area contributed by atoms with E-state index in [1.807, 2.05) is 0 Å². The lowest BCUT2D eigenvalue weighted by molar-refractivity contribution is 0.149. The second-order valence-electron chi connectivity index (χ2n) is 2.42. The average molecular weight is 326 g/mol. The van der Waals surface area contributed by atoms with E-state index in [4.69, 9.17) is 5.26 Å². The maximum absolute atomic E-state index is 12.6. The zero-order chi connectivity index (χ0) is 10.7. The molecule has 1 aromatic heterocycles. The summed E-state index contributed by atoms with van der Waals surface area (Å²) in [4.78, 5) is 3.77. The van der Waals surface area contributed by atoms with Gasteiger partial charge in [-0.25, -0.2) is 8.78 Å². The van der Waals surface area contributed by atoms with Gasteiger partial charge in [0.15, 0.2) is 0 Å². The number of halogens is 4. The Morgan fingerprint density at radius 1 is 1.50 bits per heavy atom. The summed E-state index contributed by atoms with van der Waals surface area (Å²) in [6.07, 6.45) is -1.37. The highest BCUT2D eigenvalue weighted by Gasteiger charge is 2.19. The molecule has 0 unspecified atom stereocenters. The molecule has 0 radical (unpaired) electrons. The average Bonchev–Trinajstić information content (AvgIpc) is 2.11. The molecule has 0 atom stereocenters. The molecule has 0 aliphatic carbocycles. The molecule has 0 saturated carbocycles. The van der Waals surface area contributed by atoms with Crippen LogP contribution >= 0.6 is 31.9 Å². The van der Waals surface area contributed by atoms with Gasteiger partial charge in [-0.2, -0.15) is 5.26 Å². The lowest BCUT2D eigenvalue weighted by Crippen LogP contribution is -1.99. The number of nitriles is 1. The smallest absolute Gasteiger partial charge is 0.258 e. The molecule has 0 aliphatic heterocycles. The van der Waals surface area contributed by atoms with Crippen LogP contribution in [0.2, 0.25) is 0 Å². The van der Waals surface area contributed by atoms with Crippen molar-refractivity contribution in [3.63, 3.8) is 0 Å². The summed E-state index contributed by atoms with van der Waals surface area (Å²) in [6.45, 7) is 0. The van der Waals surface area contributed by atoms with E-state index >= 15 is 0 Å². The predicted molar refractivity (Wildman–Crippen MR) is 53.9 cm³/mol. The normalized spacial score (nSPS) is 10.3. The highest BCUT2D eigenvalue weighted by Crippen LogP contribution is 2.34. The maximum atomic E-state index is 12.6. The van der Waals surface area contributed by atoms with Gasteiger partial charge in [0.05, 0.1) is 28.2 Å². The second kappa shape index (κ2) is 4.80. The van der Waals surface area contributed by atoms with Crippen molar-refractivity contribution < 1.29 is 8.78 Å². The molecule has 0 N–H and O–H groups in total. The minimum Gasteiger partial charge on any atom is -0.258 e. The first-order valence-corrected chi connectivity index (χ1v) is 5.14. The lowest BCUT2D eigenvalue weighted by atomic mass is 10.1. The van der Waals surface area contributed by atoms with Gasteiger partial charge >= 0.3 is 0 Å². The molecular formula is C8H4Br2F2N2. The molecule has 0 amide bonds. The van der Waals surface area contributed by atoms with E-state index in [0.717, 1.165) is 0 Å². The molecule has 0 spiro atoms. The van der Waals surface area contributed by atoms with Crippen molar-refractivity contribution in [1.29, 1.82) is 5.26 Å². The van der Waals surface area contributed by atoms with Gasteiger partial charge in [-0.15, -0.1) is 0 Å². The van der Waals surface area contributed by atoms with Crippen LogP contribution in [0.3, 0.4) is 0 Å². The van der Waals surface area contributed by atoms with E-state index in [2.05, 4.69) is 36.8 Å². The zero-order valence-corrected chi connectivity index (χ0v) is 9.94. The van der Waals surface area contributed by atoms with Crippen molar-refractivity contribution in [3.05, 3.63) is 26.4 Å². The molecule has 74 valence electrons. The van der Waals surface area contributed by atoms with Crippen LogP contribution in [0.15, 0.2) is 15.1 Å². The minimum absolute atomic E-state index is 0.109. The Balaban J connectivity index is 3.31. The summed E-state index contributed by atoms with van der Waals surface area (Å²) in [6, 6.07) is 1.79. The highest BCUT2D eigenvalue weighted by atomic mass is 79.9. The number of pyridine rings is 1. The molecule has 0 aromatic carbocycles. The molecule has 0 fully saturated rings. The summed E-state index contributed by atoms with van der Waals surface area (Å²) >= 11 is 6.10. The van der Waals surface area contributed by atoms with Crippen LogP contribution < -0.4 is 0 Å². The molecule has 0 saturated heterocycles. The molecule has 2 nitrogen and oxygen atoms in total. The van der Waals surface area contributed by atoms with Gasteiger partial charge in [0.25, 0.3) is 6.43 Å². The molecule has 1 heterocycles. The van der Waals surface area contributed by atoms with Crippen LogP contribution in [0.4, 0.5) is 8.78 Å². The minimum atomic E-state index is -2.64. The Kier molecular flexibility index (Phi) is 3.96. The van der Waals surface area contributed by atoms with E-state index in [-0.39, 0.29) is 22.2 Å². The Bertz CT molecular complexity index is 388. The summed E-state index contributed by atoms with van der Waals surface area (Å²) in [5, 5.41) is 8.42. The van der Waals surface area contributed by atoms with Crippen molar-refractivity contribution in [2.45, 2.75) is 12.8 Å². The Morgan fingerprint density at radius 3 is 2.64 bits per heavy atom. The fourth-order valence-corrected chi connectivity index (χ4v) is 1.77. The SMILES string of the molecule is N#CCc1ncc(Br)c(Br)c1C(F)F. The van der Waals surface area contributed by atoms with E-state index in [1.54, 1.807) is 6.07 Å². The van der Waals surface area contributed by atoms with Crippen LogP contribution in [0, 0.1) is 11.3 Å². The lowest BCUT2D eigenvalue weighted by Gasteiger charge is -2.08. The molecule has 1 rings (SSSR count). The first kappa shape index (κ1) is 11.5. The summed E-state index contributed by atoms with van der Waals surface area (Å²) in [5.74, 6) is 0. The fourth-order valence-electron chi connectivity index (χ4n) is 0.954. The first-order chi connectivity index (χ1) is 6.57. The van der Waals surface area contributed by atoms with Gasteiger partial charge < -0.3 is 0 Å². The molecular weight excluding hydrogens is 322 g/mol. The molecule has 1 aromatic rings. The van der Waals surface area contributed by atoms with Crippen LogP contribution in [0.5, 0.6) is 0 Å². The van der Waals surface area contributed by atoms with Crippen molar-refractivity contribution in [3.8, 4) is 6.07 Å². The van der Waals surface area contributed by atoms with Gasteiger partial charge in [0, 0.05) is 10.7 Å². The number of aromatic nitrogens is 1. The van der Waals surface area contributed by atoms with E-state index in [1.165, 1.54) is 6.20 Å². The van der Waals surface area contributed by atoms with Crippen molar-refractivity contribution in [2.24, 2.45) is 0 Å². The topological polar surface area (TPSA) is 36.7 Å². The van der Waals surface area contributed by atoms with E-state index in [9.17, 15) is 8.78 Å². The van der Waals surface area contributed by atoms with Crippen LogP contribution in [-0.4, -0.2) is 4.98 Å². The summed E-state index contributed by atoms with van der Waals surface area (Å²) in [5.41, 5.74) is -0.112. The quantitative estimate of drug-likeness (QED) is 0.832. The van der Waals surface area contributed by atoms with Crippen LogP contribution in [0.25, 0.3) is 0 Å². The van der Waals surface area contributed by atoms with Crippen molar-refractivity contribution in [1.82, 2.24) is 4.98 Å². The van der Waals surface area contributed by atoms with Gasteiger partial charge in [0.2, 0.25) is 0 Å². The third-order valence-electron chi connectivity index (χ3n) is 1.56. The monoisotopic (exact) mass is 324 g/mol. The number of hydrogen-bond donors (Lipinski definition) is 0. The van der Waals surface area contributed by atoms with Gasteiger partial charge in [-0.3, -0.25) is 4.98 Å². The van der Waals surface area contributed by atoms with Crippen molar-refractivity contribution >= 4 is 31.9 Å². The number of alkyl halides is 2. The fraction of sp³-hybridized carbons (Fsp3) is 0.250. The largest absolute Gasteiger partial charge is 0.266 e. The highest BCUT2D eigenvalue weighted by molar-refractivity contribution is 9.13. The third kappa shape index (κ3) is 2.28. The molecule has 0 aliphatic rings. The van der Waals surface area contributed by atoms with Crippen molar-refractivity contribution in [2.75, 3.05) is 0 Å². The Morgan fingerprint density at radius 2 is 2.14 bits per heavy atom. The van der Waals surface area contributed by atoms with E-state index < -0.39 is 6.43 Å². The number of hydrogen-bond acceptors (Lipinski definition) is 2. The standard InChI is InChI=1S/C8H4Br2F2N2/c9-4-3-14-5(1-2-13)6(7(4)10)8(11)12/h3,8H,1H2. The first-order valence-electron chi connectivity index (χ1n) is 3.55. The second-order valence-corrected chi connectivity index (χ2v) is 4.06. The maximum Gasteiger partial charge on any atom is 0.266 e. The Labute approximate surface area is 96.2 Å². The number of rotatable bonds is 2. The molecule has 14 heavy (non-hydrogen) atoms. The number of nitrogens with zero attached hydrogens (tertiary/aromatic N) is 2. The zero-order valence-electron chi connectivity index (χ0n) is 6.77. The molecule has 6 heteroatoms. The van der Waals surface area contributed by atoms with Gasteiger partial charge in [0.1, 0.15) is 0 Å².